The minimum Gasteiger partial charge on any atom is -0.491 e. The molecule has 0 heterocycles. The molecule has 14 nitrogen and oxygen atoms in total. The van der Waals surface area contributed by atoms with E-state index in [1.165, 1.54) is 19.3 Å². The lowest BCUT2D eigenvalue weighted by molar-refractivity contribution is -0.145. The van der Waals surface area contributed by atoms with Crippen LogP contribution >= 0.6 is 0 Å². The number of hydrogen-bond donors (Lipinski definition) is 1. The van der Waals surface area contributed by atoms with Gasteiger partial charge in [0.2, 0.25) is 0 Å². The van der Waals surface area contributed by atoms with Gasteiger partial charge < -0.3 is 62.6 Å². The average molecular weight is 720 g/mol. The summed E-state index contributed by atoms with van der Waals surface area (Å²) >= 11 is 0. The average Bonchev–Trinajstić information content (AvgIpc) is 3.12. The maximum atomic E-state index is 11.6. The minimum absolute atomic E-state index is 0.149. The summed E-state index contributed by atoms with van der Waals surface area (Å²) in [5, 5.41) is 0. The summed E-state index contributed by atoms with van der Waals surface area (Å²) < 4.78 is 65.4. The molecule has 0 radical (unpaired) electrons. The van der Waals surface area contributed by atoms with Gasteiger partial charge in [0, 0.05) is 12.1 Å². The largest absolute Gasteiger partial charge is 0.491 e. The smallest absolute Gasteiger partial charge is 0.305 e. The molecule has 0 unspecified atom stereocenters. The molecule has 292 valence electrons. The zero-order valence-electron chi connectivity index (χ0n) is 30.5. The van der Waals surface area contributed by atoms with Crippen LogP contribution in [0, 0.1) is 0 Å². The number of hydrogen-bond acceptors (Lipinski definition) is 14. The number of carbonyl (C=O) groups excluding carboxylic acids is 1. The zero-order valence-corrected chi connectivity index (χ0v) is 30.5. The van der Waals surface area contributed by atoms with Crippen LogP contribution in [0.4, 0.5) is 5.69 Å². The summed E-state index contributed by atoms with van der Waals surface area (Å²) in [7, 11) is 0. The molecule has 0 amide bonds. The van der Waals surface area contributed by atoms with Gasteiger partial charge in [-0.1, -0.05) is 32.6 Å². The second-order valence-electron chi connectivity index (χ2n) is 10.9. The molecule has 1 rings (SSSR count). The van der Waals surface area contributed by atoms with Crippen molar-refractivity contribution in [1.82, 2.24) is 0 Å². The molecule has 0 bridgehead atoms. The second-order valence-corrected chi connectivity index (χ2v) is 10.9. The van der Waals surface area contributed by atoms with E-state index in [9.17, 15) is 4.79 Å². The van der Waals surface area contributed by atoms with Crippen LogP contribution in [0.1, 0.15) is 45.4 Å². The molecule has 0 saturated carbocycles. The van der Waals surface area contributed by atoms with Crippen LogP contribution in [-0.4, -0.2) is 151 Å². The van der Waals surface area contributed by atoms with Gasteiger partial charge in [0.1, 0.15) is 19.0 Å². The SMILES string of the molecule is CCCCCCCC(=O)OCCOCCOCCOCCOCCOCCOCCOCCOCCOCCOCCOc1ccc(N)cc1. The summed E-state index contributed by atoms with van der Waals surface area (Å²) in [5.41, 5.74) is 6.35. The topological polar surface area (TPSA) is 154 Å². The van der Waals surface area contributed by atoms with Gasteiger partial charge in [0.25, 0.3) is 0 Å². The lowest BCUT2D eigenvalue weighted by Crippen LogP contribution is -2.15. The summed E-state index contributed by atoms with van der Waals surface area (Å²) in [5.74, 6) is 0.621. The maximum Gasteiger partial charge on any atom is 0.305 e. The van der Waals surface area contributed by atoms with E-state index in [0.717, 1.165) is 18.6 Å². The minimum atomic E-state index is -0.149. The number of anilines is 1. The van der Waals surface area contributed by atoms with Crippen LogP contribution in [-0.2, 0) is 56.9 Å². The van der Waals surface area contributed by atoms with Crippen molar-refractivity contribution in [1.29, 1.82) is 0 Å². The van der Waals surface area contributed by atoms with E-state index >= 15 is 0 Å². The van der Waals surface area contributed by atoms with Gasteiger partial charge in [-0.15, -0.1) is 0 Å². The molecule has 0 aliphatic rings. The molecule has 2 N–H and O–H groups in total. The monoisotopic (exact) mass is 719 g/mol. The molecule has 14 heteroatoms. The summed E-state index contributed by atoms with van der Waals surface area (Å²) in [6, 6.07) is 7.26. The Kier molecular flexibility index (Phi) is 35.0. The van der Waals surface area contributed by atoms with E-state index in [-0.39, 0.29) is 12.6 Å². The Morgan fingerprint density at radius 1 is 0.440 bits per heavy atom. The third-order valence-electron chi connectivity index (χ3n) is 6.70. The summed E-state index contributed by atoms with van der Waals surface area (Å²) in [6.45, 7) is 12.7. The highest BCUT2D eigenvalue weighted by Crippen LogP contribution is 2.12. The van der Waals surface area contributed by atoms with Crippen molar-refractivity contribution in [2.24, 2.45) is 0 Å². The van der Waals surface area contributed by atoms with Crippen LogP contribution in [0.5, 0.6) is 5.75 Å². The fraction of sp³-hybridized carbons (Fsp3) is 0.806. The lowest BCUT2D eigenvalue weighted by Gasteiger charge is -2.09. The summed E-state index contributed by atoms with van der Waals surface area (Å²) in [4.78, 5) is 11.6. The third kappa shape index (κ3) is 34.3. The second kappa shape index (κ2) is 38.1. The standard InChI is InChI=1S/C36H65NO13/c1-2-3-4-5-6-7-36(38)50-33-31-48-29-27-46-25-23-44-21-19-42-17-15-40-13-12-39-14-16-41-18-20-43-22-24-45-26-28-47-30-32-49-35-10-8-34(37)9-11-35/h8-11H,2-7,12-33,37H2,1H3. The lowest BCUT2D eigenvalue weighted by atomic mass is 10.1. The molecule has 0 atom stereocenters. The van der Waals surface area contributed by atoms with Crippen molar-refractivity contribution in [3.63, 3.8) is 0 Å². The number of unbranched alkanes of at least 4 members (excludes halogenated alkanes) is 4. The predicted molar refractivity (Wildman–Crippen MR) is 189 cm³/mol. The molecule has 0 saturated heterocycles. The van der Waals surface area contributed by atoms with E-state index in [4.69, 9.17) is 62.6 Å². The normalized spacial score (nSPS) is 11.3. The zero-order chi connectivity index (χ0) is 35.8. The van der Waals surface area contributed by atoms with Crippen LogP contribution in [0.2, 0.25) is 0 Å². The molecule has 50 heavy (non-hydrogen) atoms. The molecule has 0 fully saturated rings. The van der Waals surface area contributed by atoms with Crippen LogP contribution in [0.15, 0.2) is 24.3 Å². The molecule has 1 aromatic carbocycles. The van der Waals surface area contributed by atoms with Crippen molar-refractivity contribution >= 4 is 11.7 Å². The first-order valence-corrected chi connectivity index (χ1v) is 18.1. The van der Waals surface area contributed by atoms with Crippen molar-refractivity contribution < 1.29 is 61.6 Å². The first-order chi connectivity index (χ1) is 24.7. The Bertz CT molecular complexity index is 835. The highest BCUT2D eigenvalue weighted by molar-refractivity contribution is 5.69. The van der Waals surface area contributed by atoms with Gasteiger partial charge >= 0.3 is 5.97 Å². The predicted octanol–water partition coefficient (Wildman–Crippen LogP) is 3.72. The van der Waals surface area contributed by atoms with Gasteiger partial charge in [-0.3, -0.25) is 4.79 Å². The van der Waals surface area contributed by atoms with E-state index in [1.807, 2.05) is 12.1 Å². The number of ether oxygens (including phenoxy) is 12. The first-order valence-electron chi connectivity index (χ1n) is 18.1. The Morgan fingerprint density at radius 2 is 0.760 bits per heavy atom. The Hall–Kier alpha value is -2.11. The van der Waals surface area contributed by atoms with Gasteiger partial charge in [-0.2, -0.15) is 0 Å². The van der Waals surface area contributed by atoms with Crippen molar-refractivity contribution in [3.8, 4) is 5.75 Å². The molecular weight excluding hydrogens is 654 g/mol. The number of esters is 1. The molecule has 0 aliphatic heterocycles. The van der Waals surface area contributed by atoms with Gasteiger partial charge in [0.15, 0.2) is 0 Å². The quantitative estimate of drug-likeness (QED) is 0.0596. The highest BCUT2D eigenvalue weighted by Gasteiger charge is 2.02. The number of nitrogen functional groups attached to an aromatic ring is 1. The van der Waals surface area contributed by atoms with Crippen LogP contribution in [0.3, 0.4) is 0 Å². The third-order valence-corrected chi connectivity index (χ3v) is 6.70. The van der Waals surface area contributed by atoms with E-state index in [2.05, 4.69) is 6.92 Å². The fourth-order valence-electron chi connectivity index (χ4n) is 4.02. The Balaban J connectivity index is 1.63. The number of nitrogens with two attached hydrogens (primary N) is 1. The molecule has 0 aromatic heterocycles. The molecule has 0 spiro atoms. The van der Waals surface area contributed by atoms with E-state index in [1.54, 1.807) is 12.1 Å². The first kappa shape index (κ1) is 45.9. The van der Waals surface area contributed by atoms with E-state index < -0.39 is 0 Å². The number of rotatable bonds is 40. The van der Waals surface area contributed by atoms with Crippen molar-refractivity contribution in [2.45, 2.75) is 45.4 Å². The summed E-state index contributed by atoms with van der Waals surface area (Å²) in [6.07, 6.45) is 6.06. The molecule has 1 aromatic rings. The Morgan fingerprint density at radius 3 is 1.12 bits per heavy atom. The van der Waals surface area contributed by atoms with E-state index in [0.29, 0.717) is 151 Å². The van der Waals surface area contributed by atoms with Gasteiger partial charge in [0.05, 0.1) is 132 Å². The molecular formula is C36H65NO13. The van der Waals surface area contributed by atoms with Gasteiger partial charge in [-0.25, -0.2) is 0 Å². The maximum absolute atomic E-state index is 11.6. The van der Waals surface area contributed by atoms with Crippen LogP contribution in [0.25, 0.3) is 0 Å². The van der Waals surface area contributed by atoms with Crippen LogP contribution < -0.4 is 10.5 Å². The number of carbonyl (C=O) groups is 1. The van der Waals surface area contributed by atoms with Crippen molar-refractivity contribution in [2.75, 3.05) is 151 Å². The fourth-order valence-corrected chi connectivity index (χ4v) is 4.02. The highest BCUT2D eigenvalue weighted by atomic mass is 16.6. The molecule has 0 aliphatic carbocycles. The van der Waals surface area contributed by atoms with Gasteiger partial charge in [-0.05, 0) is 30.7 Å². The Labute approximate surface area is 299 Å². The van der Waals surface area contributed by atoms with Crippen molar-refractivity contribution in [3.05, 3.63) is 24.3 Å². The number of benzene rings is 1.